The largest absolute Gasteiger partial charge is 0.480 e. The van der Waals surface area contributed by atoms with Crippen molar-refractivity contribution in [1.29, 1.82) is 0 Å². The lowest BCUT2D eigenvalue weighted by atomic mass is 10.6. The van der Waals surface area contributed by atoms with Crippen LogP contribution in [0.3, 0.4) is 0 Å². The van der Waals surface area contributed by atoms with Gasteiger partial charge in [0.25, 0.3) is 0 Å². The zero-order chi connectivity index (χ0) is 7.28. The smallest absolute Gasteiger partial charge is 0.317 e. The van der Waals surface area contributed by atoms with E-state index in [9.17, 15) is 4.79 Å². The van der Waals surface area contributed by atoms with E-state index in [1.165, 1.54) is 0 Å². The van der Waals surface area contributed by atoms with Gasteiger partial charge < -0.3 is 5.11 Å². The lowest BCUT2D eigenvalue weighted by Gasteiger charge is -2.02. The Morgan fingerprint density at radius 1 is 2.00 bits per heavy atom. The van der Waals surface area contributed by atoms with Crippen LogP contribution in [0.15, 0.2) is 12.7 Å². The molecule has 0 spiro atoms. The number of alkyl halides is 1. The summed E-state index contributed by atoms with van der Waals surface area (Å²) in [7, 11) is 0. The number of carboxylic acid groups (broad SMARTS) is 1. The monoisotopic (exact) mass is 241 g/mol. The molecule has 0 aromatic rings. The molecule has 4 heteroatoms. The highest BCUT2D eigenvalue weighted by molar-refractivity contribution is 14.1. The quantitative estimate of drug-likeness (QED) is 0.328. The molecule has 52 valence electrons. The Hall–Kier alpha value is -0.100. The highest BCUT2D eigenvalue weighted by Gasteiger charge is 1.98. The zero-order valence-electron chi connectivity index (χ0n) is 4.80. The van der Waals surface area contributed by atoms with E-state index in [1.807, 2.05) is 22.6 Å². The van der Waals surface area contributed by atoms with Gasteiger partial charge in [0.2, 0.25) is 0 Å². The summed E-state index contributed by atoms with van der Waals surface area (Å²) in [5, 5.41) is 10.9. The maximum absolute atomic E-state index is 9.92. The molecule has 0 aromatic carbocycles. The molecular formula is C5H8INO2. The number of carbonyl (C=O) groups is 1. The van der Waals surface area contributed by atoms with Crippen LogP contribution in [0.5, 0.6) is 0 Å². The summed E-state index contributed by atoms with van der Waals surface area (Å²) in [5.74, 6) is -0.849. The maximum Gasteiger partial charge on any atom is 0.317 e. The fourth-order valence-electron chi connectivity index (χ4n) is 0.268. The Labute approximate surface area is 67.3 Å². The van der Waals surface area contributed by atoms with Crippen LogP contribution in [0.4, 0.5) is 0 Å². The van der Waals surface area contributed by atoms with E-state index >= 15 is 0 Å². The second-order valence-corrected chi connectivity index (χ2v) is 2.75. The second kappa shape index (κ2) is 4.75. The number of nitrogens with one attached hydrogen (secondary N) is 1. The molecule has 1 unspecified atom stereocenters. The molecule has 0 saturated heterocycles. The third kappa shape index (κ3) is 5.78. The molecule has 0 amide bonds. The molecule has 0 aliphatic heterocycles. The van der Waals surface area contributed by atoms with Crippen LogP contribution in [0.1, 0.15) is 0 Å². The van der Waals surface area contributed by atoms with Crippen LogP contribution in [0.25, 0.3) is 0 Å². The van der Waals surface area contributed by atoms with E-state index in [4.69, 9.17) is 5.11 Å². The van der Waals surface area contributed by atoms with Gasteiger partial charge in [0.15, 0.2) is 0 Å². The SMILES string of the molecule is C=CC(I)NCC(=O)O. The van der Waals surface area contributed by atoms with Gasteiger partial charge in [-0.15, -0.1) is 6.58 Å². The predicted molar refractivity (Wildman–Crippen MR) is 43.6 cm³/mol. The Kier molecular flexibility index (Phi) is 4.70. The molecule has 2 N–H and O–H groups in total. The fraction of sp³-hybridized carbons (Fsp3) is 0.400. The van der Waals surface area contributed by atoms with Gasteiger partial charge in [-0.3, -0.25) is 10.1 Å². The van der Waals surface area contributed by atoms with Crippen molar-refractivity contribution in [1.82, 2.24) is 5.32 Å². The number of aliphatic carboxylic acids is 1. The van der Waals surface area contributed by atoms with Gasteiger partial charge in [0, 0.05) is 0 Å². The van der Waals surface area contributed by atoms with Crippen LogP contribution in [-0.2, 0) is 4.79 Å². The standard InChI is InChI=1S/C5H8INO2/c1-2-4(6)7-3-5(8)9/h2,4,7H,1,3H2,(H,8,9). The van der Waals surface area contributed by atoms with E-state index < -0.39 is 5.97 Å². The number of hydrogen-bond donors (Lipinski definition) is 2. The average Bonchev–Trinajstić information content (AvgIpc) is 1.83. The third-order valence-electron chi connectivity index (χ3n) is 0.655. The number of halogens is 1. The van der Waals surface area contributed by atoms with E-state index in [-0.39, 0.29) is 10.6 Å². The molecule has 0 fully saturated rings. The first kappa shape index (κ1) is 8.90. The second-order valence-electron chi connectivity index (χ2n) is 1.41. The van der Waals surface area contributed by atoms with Crippen molar-refractivity contribution < 1.29 is 9.90 Å². The first-order valence-corrected chi connectivity index (χ1v) is 3.63. The van der Waals surface area contributed by atoms with Crippen LogP contribution in [0, 0.1) is 0 Å². The van der Waals surface area contributed by atoms with Gasteiger partial charge in [-0.05, 0) is 0 Å². The van der Waals surface area contributed by atoms with E-state index in [2.05, 4.69) is 11.9 Å². The van der Waals surface area contributed by atoms with Crippen LogP contribution in [0.2, 0.25) is 0 Å². The highest BCUT2D eigenvalue weighted by atomic mass is 127. The molecule has 0 heterocycles. The van der Waals surface area contributed by atoms with Gasteiger partial charge in [-0.25, -0.2) is 0 Å². The summed E-state index contributed by atoms with van der Waals surface area (Å²) in [6.07, 6.45) is 1.64. The molecule has 1 atom stereocenters. The summed E-state index contributed by atoms with van der Waals surface area (Å²) in [6, 6.07) is 0. The van der Waals surface area contributed by atoms with Crippen molar-refractivity contribution in [3.05, 3.63) is 12.7 Å². The lowest BCUT2D eigenvalue weighted by molar-refractivity contribution is -0.135. The number of carboxylic acids is 1. The molecular weight excluding hydrogens is 233 g/mol. The summed E-state index contributed by atoms with van der Waals surface area (Å²) < 4.78 is 0.0405. The van der Waals surface area contributed by atoms with Crippen molar-refractivity contribution in [2.45, 2.75) is 4.05 Å². The number of hydrogen-bond acceptors (Lipinski definition) is 2. The molecule has 0 radical (unpaired) electrons. The normalized spacial score (nSPS) is 12.6. The average molecular weight is 241 g/mol. The maximum atomic E-state index is 9.92. The number of rotatable bonds is 4. The van der Waals surface area contributed by atoms with Gasteiger partial charge in [0.05, 0.1) is 10.6 Å². The highest BCUT2D eigenvalue weighted by Crippen LogP contribution is 1.93. The molecule has 0 aliphatic carbocycles. The van der Waals surface area contributed by atoms with Gasteiger partial charge in [-0.1, -0.05) is 28.7 Å². The van der Waals surface area contributed by atoms with Gasteiger partial charge in [-0.2, -0.15) is 0 Å². The summed E-state index contributed by atoms with van der Waals surface area (Å²) in [5.41, 5.74) is 0. The van der Waals surface area contributed by atoms with Crippen molar-refractivity contribution in [2.24, 2.45) is 0 Å². The molecule has 3 nitrogen and oxygen atoms in total. The molecule has 9 heavy (non-hydrogen) atoms. The molecule has 0 aromatic heterocycles. The Morgan fingerprint density at radius 3 is 2.89 bits per heavy atom. The van der Waals surface area contributed by atoms with Crippen LogP contribution < -0.4 is 5.32 Å². The summed E-state index contributed by atoms with van der Waals surface area (Å²) >= 11 is 2.05. The van der Waals surface area contributed by atoms with E-state index in [0.29, 0.717) is 0 Å². The van der Waals surface area contributed by atoms with Gasteiger partial charge in [0.1, 0.15) is 0 Å². The van der Waals surface area contributed by atoms with E-state index in [1.54, 1.807) is 6.08 Å². The van der Waals surface area contributed by atoms with Crippen molar-refractivity contribution in [3.8, 4) is 0 Å². The minimum atomic E-state index is -0.849. The topological polar surface area (TPSA) is 49.3 Å². The predicted octanol–water partition coefficient (Wildman–Crippen LogP) is 0.608. The third-order valence-corrected chi connectivity index (χ3v) is 1.60. The zero-order valence-corrected chi connectivity index (χ0v) is 6.96. The Morgan fingerprint density at radius 2 is 2.56 bits per heavy atom. The lowest BCUT2D eigenvalue weighted by Crippen LogP contribution is -2.27. The molecule has 0 rings (SSSR count). The minimum absolute atomic E-state index is 0.0143. The van der Waals surface area contributed by atoms with Crippen molar-refractivity contribution in [3.63, 3.8) is 0 Å². The van der Waals surface area contributed by atoms with Crippen LogP contribution >= 0.6 is 22.6 Å². The molecule has 0 aliphatic rings. The Balaban J connectivity index is 3.26. The van der Waals surface area contributed by atoms with Crippen LogP contribution in [-0.4, -0.2) is 21.7 Å². The Bertz CT molecular complexity index is 116. The van der Waals surface area contributed by atoms with E-state index in [0.717, 1.165) is 0 Å². The summed E-state index contributed by atoms with van der Waals surface area (Å²) in [6.45, 7) is 3.46. The summed E-state index contributed by atoms with van der Waals surface area (Å²) in [4.78, 5) is 9.92. The fourth-order valence-corrected chi connectivity index (χ4v) is 0.488. The van der Waals surface area contributed by atoms with Gasteiger partial charge >= 0.3 is 5.97 Å². The minimum Gasteiger partial charge on any atom is -0.480 e. The molecule has 0 bridgehead atoms. The van der Waals surface area contributed by atoms with Crippen molar-refractivity contribution in [2.75, 3.05) is 6.54 Å². The molecule has 0 saturated carbocycles. The van der Waals surface area contributed by atoms with Crippen molar-refractivity contribution >= 4 is 28.6 Å². The first-order valence-electron chi connectivity index (χ1n) is 2.38. The first-order chi connectivity index (χ1) is 4.16.